The number of hydrogen-bond donors (Lipinski definition) is 1. The predicted octanol–water partition coefficient (Wildman–Crippen LogP) is 2.85. The minimum atomic E-state index is -0.279. The number of carbonyl (C=O) groups is 2. The van der Waals surface area contributed by atoms with Crippen LogP contribution in [0.15, 0.2) is 24.3 Å². The lowest BCUT2D eigenvalue weighted by atomic mass is 9.96. The van der Waals surface area contributed by atoms with Crippen LogP contribution in [-0.4, -0.2) is 37.6 Å². The Hall–Kier alpha value is -1.88. The highest BCUT2D eigenvalue weighted by molar-refractivity contribution is 6.00. The Morgan fingerprint density at radius 1 is 1.40 bits per heavy atom. The van der Waals surface area contributed by atoms with E-state index in [9.17, 15) is 9.59 Å². The molecule has 0 saturated carbocycles. The van der Waals surface area contributed by atoms with E-state index in [1.165, 1.54) is 5.56 Å². The monoisotopic (exact) mass is 344 g/mol. The van der Waals surface area contributed by atoms with Gasteiger partial charge >= 0.3 is 0 Å². The van der Waals surface area contributed by atoms with Crippen molar-refractivity contribution < 1.29 is 14.3 Å². The van der Waals surface area contributed by atoms with E-state index < -0.39 is 0 Å². The first-order valence-corrected chi connectivity index (χ1v) is 9.38. The standard InChI is InChI=1S/C20H28N2O3/c1-3-14(2)17-8-4-5-9-18(17)22-13-15(11-19(22)23)20(24)21-12-16-7-6-10-25-16/h4-5,8-9,14-16H,3,6-7,10-13H2,1-2H3,(H,21,24). The van der Waals surface area contributed by atoms with Crippen LogP contribution in [0.25, 0.3) is 0 Å². The molecule has 0 radical (unpaired) electrons. The number of nitrogens with one attached hydrogen (secondary N) is 1. The summed E-state index contributed by atoms with van der Waals surface area (Å²) < 4.78 is 5.54. The van der Waals surface area contributed by atoms with Crippen LogP contribution in [0, 0.1) is 5.92 Å². The molecule has 0 aliphatic carbocycles. The van der Waals surface area contributed by atoms with Crippen LogP contribution in [0.5, 0.6) is 0 Å². The number of benzene rings is 1. The topological polar surface area (TPSA) is 58.6 Å². The van der Waals surface area contributed by atoms with E-state index >= 15 is 0 Å². The molecule has 5 nitrogen and oxygen atoms in total. The quantitative estimate of drug-likeness (QED) is 0.863. The minimum absolute atomic E-state index is 0.0348. The molecule has 0 bridgehead atoms. The van der Waals surface area contributed by atoms with E-state index in [1.54, 1.807) is 4.90 Å². The molecular formula is C20H28N2O3. The molecule has 0 aromatic heterocycles. The van der Waals surface area contributed by atoms with Gasteiger partial charge in [0, 0.05) is 31.8 Å². The van der Waals surface area contributed by atoms with E-state index in [4.69, 9.17) is 4.74 Å². The smallest absolute Gasteiger partial charge is 0.227 e. The average Bonchev–Trinajstić information content (AvgIpc) is 3.28. The van der Waals surface area contributed by atoms with Gasteiger partial charge in [-0.15, -0.1) is 0 Å². The van der Waals surface area contributed by atoms with Crippen molar-refractivity contribution >= 4 is 17.5 Å². The molecule has 1 aromatic carbocycles. The molecule has 2 heterocycles. The van der Waals surface area contributed by atoms with Crippen molar-refractivity contribution in [1.82, 2.24) is 5.32 Å². The van der Waals surface area contributed by atoms with Gasteiger partial charge in [-0.25, -0.2) is 0 Å². The van der Waals surface area contributed by atoms with Gasteiger partial charge in [-0.05, 0) is 36.8 Å². The molecule has 0 spiro atoms. The Kier molecular flexibility index (Phi) is 5.74. The summed E-state index contributed by atoms with van der Waals surface area (Å²) in [5.41, 5.74) is 2.13. The molecule has 25 heavy (non-hydrogen) atoms. The number of anilines is 1. The van der Waals surface area contributed by atoms with Gasteiger partial charge in [-0.3, -0.25) is 9.59 Å². The number of hydrogen-bond acceptors (Lipinski definition) is 3. The summed E-state index contributed by atoms with van der Waals surface area (Å²) >= 11 is 0. The van der Waals surface area contributed by atoms with E-state index in [0.717, 1.165) is 31.6 Å². The molecule has 1 N–H and O–H groups in total. The maximum atomic E-state index is 12.5. The highest BCUT2D eigenvalue weighted by Crippen LogP contribution is 2.33. The summed E-state index contributed by atoms with van der Waals surface area (Å²) in [5, 5.41) is 2.96. The first-order chi connectivity index (χ1) is 12.1. The summed E-state index contributed by atoms with van der Waals surface area (Å²) in [7, 11) is 0. The molecule has 2 amide bonds. The lowest BCUT2D eigenvalue weighted by Gasteiger charge is -2.23. The third kappa shape index (κ3) is 4.03. The normalized spacial score (nSPS) is 24.6. The van der Waals surface area contributed by atoms with Crippen LogP contribution in [0.1, 0.15) is 51.0 Å². The summed E-state index contributed by atoms with van der Waals surface area (Å²) in [6.45, 7) is 6.11. The van der Waals surface area contributed by atoms with Gasteiger partial charge in [0.15, 0.2) is 0 Å². The van der Waals surface area contributed by atoms with E-state index in [2.05, 4.69) is 25.2 Å². The SMILES string of the molecule is CCC(C)c1ccccc1N1CC(C(=O)NCC2CCCO2)CC1=O. The second-order valence-electron chi connectivity index (χ2n) is 7.15. The fourth-order valence-corrected chi connectivity index (χ4v) is 3.65. The second kappa shape index (κ2) is 8.00. The van der Waals surface area contributed by atoms with Gasteiger partial charge in [-0.1, -0.05) is 32.0 Å². The molecule has 3 atom stereocenters. The van der Waals surface area contributed by atoms with Crippen LogP contribution in [-0.2, 0) is 14.3 Å². The number of nitrogens with zero attached hydrogens (tertiary/aromatic N) is 1. The van der Waals surface area contributed by atoms with Gasteiger partial charge in [0.05, 0.1) is 12.0 Å². The van der Waals surface area contributed by atoms with Crippen LogP contribution in [0.2, 0.25) is 0 Å². The number of carbonyl (C=O) groups excluding carboxylic acids is 2. The Labute approximate surface area is 149 Å². The molecule has 1 aromatic rings. The average molecular weight is 344 g/mol. The molecule has 3 rings (SSSR count). The van der Waals surface area contributed by atoms with E-state index in [1.807, 2.05) is 18.2 Å². The highest BCUT2D eigenvalue weighted by atomic mass is 16.5. The first kappa shape index (κ1) is 17.9. The number of para-hydroxylation sites is 1. The van der Waals surface area contributed by atoms with Gasteiger partial charge < -0.3 is 15.0 Å². The van der Waals surface area contributed by atoms with Crippen molar-refractivity contribution in [3.8, 4) is 0 Å². The van der Waals surface area contributed by atoms with E-state index in [0.29, 0.717) is 19.0 Å². The zero-order chi connectivity index (χ0) is 17.8. The predicted molar refractivity (Wildman–Crippen MR) is 97.6 cm³/mol. The molecular weight excluding hydrogens is 316 g/mol. The van der Waals surface area contributed by atoms with Crippen molar-refractivity contribution in [1.29, 1.82) is 0 Å². The Morgan fingerprint density at radius 2 is 2.20 bits per heavy atom. The van der Waals surface area contributed by atoms with Crippen LogP contribution in [0.3, 0.4) is 0 Å². The zero-order valence-corrected chi connectivity index (χ0v) is 15.2. The molecule has 2 fully saturated rings. The fraction of sp³-hybridized carbons (Fsp3) is 0.600. The second-order valence-corrected chi connectivity index (χ2v) is 7.15. The van der Waals surface area contributed by atoms with Crippen molar-refractivity contribution in [2.45, 2.75) is 51.6 Å². The van der Waals surface area contributed by atoms with Crippen LogP contribution in [0.4, 0.5) is 5.69 Å². The lowest BCUT2D eigenvalue weighted by Crippen LogP contribution is -2.37. The lowest BCUT2D eigenvalue weighted by molar-refractivity contribution is -0.126. The van der Waals surface area contributed by atoms with Gasteiger partial charge in [0.1, 0.15) is 0 Å². The number of amides is 2. The third-order valence-electron chi connectivity index (χ3n) is 5.39. The van der Waals surface area contributed by atoms with Crippen LogP contribution >= 0.6 is 0 Å². The van der Waals surface area contributed by atoms with Gasteiger partial charge in [0.2, 0.25) is 11.8 Å². The summed E-state index contributed by atoms with van der Waals surface area (Å²) in [6.07, 6.45) is 3.49. The zero-order valence-electron chi connectivity index (χ0n) is 15.2. The summed E-state index contributed by atoms with van der Waals surface area (Å²) in [4.78, 5) is 26.8. The maximum absolute atomic E-state index is 12.5. The largest absolute Gasteiger partial charge is 0.376 e. The van der Waals surface area contributed by atoms with Gasteiger partial charge in [0.25, 0.3) is 0 Å². The van der Waals surface area contributed by atoms with Crippen molar-refractivity contribution in [3.63, 3.8) is 0 Å². The molecule has 2 aliphatic heterocycles. The van der Waals surface area contributed by atoms with Crippen molar-refractivity contribution in [2.24, 2.45) is 5.92 Å². The third-order valence-corrected chi connectivity index (χ3v) is 5.39. The molecule has 136 valence electrons. The molecule has 5 heteroatoms. The Bertz CT molecular complexity index is 625. The molecule has 2 aliphatic rings. The maximum Gasteiger partial charge on any atom is 0.227 e. The van der Waals surface area contributed by atoms with Crippen molar-refractivity contribution in [2.75, 3.05) is 24.6 Å². The van der Waals surface area contributed by atoms with E-state index in [-0.39, 0.29) is 30.3 Å². The number of ether oxygens (including phenoxy) is 1. The molecule has 2 saturated heterocycles. The fourth-order valence-electron chi connectivity index (χ4n) is 3.65. The summed E-state index contributed by atoms with van der Waals surface area (Å²) in [5.74, 6) is 0.107. The Morgan fingerprint density at radius 3 is 2.92 bits per heavy atom. The minimum Gasteiger partial charge on any atom is -0.376 e. The van der Waals surface area contributed by atoms with Gasteiger partial charge in [-0.2, -0.15) is 0 Å². The van der Waals surface area contributed by atoms with Crippen LogP contribution < -0.4 is 10.2 Å². The molecule has 3 unspecified atom stereocenters. The van der Waals surface area contributed by atoms with Crippen molar-refractivity contribution in [3.05, 3.63) is 29.8 Å². The summed E-state index contributed by atoms with van der Waals surface area (Å²) in [6, 6.07) is 8.05. The number of rotatable bonds is 6. The Balaban J connectivity index is 1.65. The highest BCUT2D eigenvalue weighted by Gasteiger charge is 2.36. The first-order valence-electron chi connectivity index (χ1n) is 9.38.